The number of rotatable bonds is 4. The summed E-state index contributed by atoms with van der Waals surface area (Å²) >= 11 is 5.94. The van der Waals surface area contributed by atoms with Gasteiger partial charge >= 0.3 is 0 Å². The van der Waals surface area contributed by atoms with Crippen molar-refractivity contribution in [3.63, 3.8) is 0 Å². The molecule has 0 aliphatic heterocycles. The van der Waals surface area contributed by atoms with E-state index in [0.29, 0.717) is 17.4 Å². The van der Waals surface area contributed by atoms with Crippen molar-refractivity contribution in [3.8, 4) is 0 Å². The third-order valence-corrected chi connectivity index (χ3v) is 5.15. The molecule has 132 valence electrons. The molecule has 1 aliphatic rings. The van der Waals surface area contributed by atoms with E-state index in [0.717, 1.165) is 30.4 Å². The minimum Gasteiger partial charge on any atom is -0.310 e. The molecule has 2 aromatic carbocycles. The monoisotopic (exact) mass is 365 g/mol. The van der Waals surface area contributed by atoms with Gasteiger partial charge in [-0.15, -0.1) is 0 Å². The zero-order chi connectivity index (χ0) is 17.9. The molecule has 1 N–H and O–H groups in total. The molecule has 0 fully saturated rings. The van der Waals surface area contributed by atoms with Crippen molar-refractivity contribution in [2.75, 3.05) is 5.32 Å². The lowest BCUT2D eigenvalue weighted by molar-refractivity contribution is -0.117. The highest BCUT2D eigenvalue weighted by atomic mass is 35.5. The van der Waals surface area contributed by atoms with Gasteiger partial charge in [-0.3, -0.25) is 4.79 Å². The van der Waals surface area contributed by atoms with Gasteiger partial charge in [-0.05, 0) is 48.1 Å². The topological polar surface area (TPSA) is 46.9 Å². The predicted octanol–water partition coefficient (Wildman–Crippen LogP) is 4.64. The van der Waals surface area contributed by atoms with Crippen LogP contribution in [0, 0.1) is 0 Å². The van der Waals surface area contributed by atoms with Crippen LogP contribution in [0.5, 0.6) is 0 Å². The molecule has 1 aromatic heterocycles. The highest BCUT2D eigenvalue weighted by Crippen LogP contribution is 2.32. The van der Waals surface area contributed by atoms with Crippen molar-refractivity contribution in [1.29, 1.82) is 0 Å². The first kappa shape index (κ1) is 16.9. The summed E-state index contributed by atoms with van der Waals surface area (Å²) in [4.78, 5) is 12.9. The number of anilines is 1. The molecule has 1 amide bonds. The summed E-state index contributed by atoms with van der Waals surface area (Å²) < 4.78 is 1.80. The SMILES string of the molecule is O=C(Nc1ccnn1Cc1ccc(Cl)cc1)C1CCCc2ccccc21. The Morgan fingerprint density at radius 3 is 2.81 bits per heavy atom. The zero-order valence-corrected chi connectivity index (χ0v) is 15.1. The number of hydrogen-bond acceptors (Lipinski definition) is 2. The van der Waals surface area contributed by atoms with E-state index in [1.807, 2.05) is 42.5 Å². The van der Waals surface area contributed by atoms with E-state index in [1.54, 1.807) is 10.9 Å². The van der Waals surface area contributed by atoms with Crippen LogP contribution in [-0.2, 0) is 17.8 Å². The number of halogens is 1. The van der Waals surface area contributed by atoms with Gasteiger partial charge < -0.3 is 5.32 Å². The highest BCUT2D eigenvalue weighted by molar-refractivity contribution is 6.30. The summed E-state index contributed by atoms with van der Waals surface area (Å²) in [5, 5.41) is 8.12. The van der Waals surface area contributed by atoms with E-state index in [2.05, 4.69) is 22.5 Å². The van der Waals surface area contributed by atoms with Gasteiger partial charge in [0.05, 0.1) is 18.7 Å². The molecule has 0 bridgehead atoms. The average Bonchev–Trinajstić information content (AvgIpc) is 3.09. The Labute approximate surface area is 157 Å². The van der Waals surface area contributed by atoms with Gasteiger partial charge in [0, 0.05) is 11.1 Å². The van der Waals surface area contributed by atoms with E-state index in [9.17, 15) is 4.79 Å². The van der Waals surface area contributed by atoms with Gasteiger partial charge in [-0.25, -0.2) is 4.68 Å². The average molecular weight is 366 g/mol. The fraction of sp³-hybridized carbons (Fsp3) is 0.238. The van der Waals surface area contributed by atoms with Gasteiger partial charge in [-0.2, -0.15) is 5.10 Å². The largest absolute Gasteiger partial charge is 0.310 e. The maximum atomic E-state index is 12.9. The lowest BCUT2D eigenvalue weighted by Gasteiger charge is -2.24. The van der Waals surface area contributed by atoms with Gasteiger partial charge in [0.1, 0.15) is 5.82 Å². The van der Waals surface area contributed by atoms with Crippen molar-refractivity contribution in [2.45, 2.75) is 31.7 Å². The van der Waals surface area contributed by atoms with Crippen LogP contribution in [0.1, 0.15) is 35.4 Å². The molecule has 1 unspecified atom stereocenters. The van der Waals surface area contributed by atoms with Crippen LogP contribution in [0.2, 0.25) is 5.02 Å². The number of aryl methyl sites for hydroxylation is 1. The third kappa shape index (κ3) is 3.51. The number of hydrogen-bond donors (Lipinski definition) is 1. The molecule has 0 spiro atoms. The lowest BCUT2D eigenvalue weighted by atomic mass is 9.82. The number of fused-ring (bicyclic) bond motifs is 1. The van der Waals surface area contributed by atoms with Crippen molar-refractivity contribution >= 4 is 23.3 Å². The molecule has 0 saturated heterocycles. The van der Waals surface area contributed by atoms with Crippen LogP contribution in [0.4, 0.5) is 5.82 Å². The third-order valence-electron chi connectivity index (χ3n) is 4.90. The molecule has 1 aliphatic carbocycles. The second-order valence-corrected chi connectivity index (χ2v) is 7.07. The molecule has 1 atom stereocenters. The fourth-order valence-electron chi connectivity index (χ4n) is 3.57. The Bertz CT molecular complexity index is 917. The first-order chi connectivity index (χ1) is 12.7. The summed E-state index contributed by atoms with van der Waals surface area (Å²) in [7, 11) is 0. The first-order valence-corrected chi connectivity index (χ1v) is 9.23. The molecule has 4 rings (SSSR count). The van der Waals surface area contributed by atoms with Crippen molar-refractivity contribution in [2.24, 2.45) is 0 Å². The molecule has 1 heterocycles. The number of amides is 1. The minimum absolute atomic E-state index is 0.0370. The quantitative estimate of drug-likeness (QED) is 0.731. The van der Waals surface area contributed by atoms with E-state index in [1.165, 1.54) is 5.56 Å². The van der Waals surface area contributed by atoms with Gasteiger partial charge in [-0.1, -0.05) is 48.0 Å². The normalized spacial score (nSPS) is 16.1. The molecule has 0 radical (unpaired) electrons. The van der Waals surface area contributed by atoms with Crippen molar-refractivity contribution < 1.29 is 4.79 Å². The number of benzene rings is 2. The molecular weight excluding hydrogens is 346 g/mol. The zero-order valence-electron chi connectivity index (χ0n) is 14.4. The van der Waals surface area contributed by atoms with Crippen molar-refractivity contribution in [1.82, 2.24) is 9.78 Å². The number of carbonyl (C=O) groups excluding carboxylic acids is 1. The Kier molecular flexibility index (Phi) is 4.76. The highest BCUT2D eigenvalue weighted by Gasteiger charge is 2.26. The van der Waals surface area contributed by atoms with E-state index < -0.39 is 0 Å². The number of nitrogens with zero attached hydrogens (tertiary/aromatic N) is 2. The lowest BCUT2D eigenvalue weighted by Crippen LogP contribution is -2.26. The van der Waals surface area contributed by atoms with Crippen LogP contribution in [-0.4, -0.2) is 15.7 Å². The van der Waals surface area contributed by atoms with Crippen LogP contribution in [0.25, 0.3) is 0 Å². The van der Waals surface area contributed by atoms with E-state index >= 15 is 0 Å². The summed E-state index contributed by atoms with van der Waals surface area (Å²) in [6.07, 6.45) is 4.68. The maximum Gasteiger partial charge on any atom is 0.233 e. The van der Waals surface area contributed by atoms with E-state index in [4.69, 9.17) is 11.6 Å². The summed E-state index contributed by atoms with van der Waals surface area (Å²) in [6.45, 7) is 0.584. The van der Waals surface area contributed by atoms with Gasteiger partial charge in [0.15, 0.2) is 0 Å². The van der Waals surface area contributed by atoms with Crippen LogP contribution in [0.15, 0.2) is 60.8 Å². The summed E-state index contributed by atoms with van der Waals surface area (Å²) in [5.41, 5.74) is 3.52. The molecule has 0 saturated carbocycles. The fourth-order valence-corrected chi connectivity index (χ4v) is 3.69. The first-order valence-electron chi connectivity index (χ1n) is 8.85. The second-order valence-electron chi connectivity index (χ2n) is 6.63. The Hall–Kier alpha value is -2.59. The molecule has 3 aromatic rings. The summed E-state index contributed by atoms with van der Waals surface area (Å²) in [5.74, 6) is 0.654. The number of carbonyl (C=O) groups is 1. The predicted molar refractivity (Wildman–Crippen MR) is 104 cm³/mol. The number of nitrogens with one attached hydrogen (secondary N) is 1. The smallest absolute Gasteiger partial charge is 0.233 e. The second kappa shape index (κ2) is 7.34. The van der Waals surface area contributed by atoms with Crippen LogP contribution in [0.3, 0.4) is 0 Å². The maximum absolute atomic E-state index is 12.9. The molecule has 4 nitrogen and oxygen atoms in total. The Morgan fingerprint density at radius 2 is 1.96 bits per heavy atom. The van der Waals surface area contributed by atoms with Gasteiger partial charge in [0.25, 0.3) is 0 Å². The summed E-state index contributed by atoms with van der Waals surface area (Å²) in [6, 6.07) is 17.7. The van der Waals surface area contributed by atoms with Crippen LogP contribution >= 0.6 is 11.6 Å². The van der Waals surface area contributed by atoms with E-state index in [-0.39, 0.29) is 11.8 Å². The minimum atomic E-state index is -0.0983. The standard InChI is InChI=1S/C21H20ClN3O/c22-17-10-8-15(9-11-17)14-25-20(12-13-23-25)24-21(26)19-7-3-5-16-4-1-2-6-18(16)19/h1-2,4,6,8-13,19H,3,5,7,14H2,(H,24,26). The number of aromatic nitrogens is 2. The van der Waals surface area contributed by atoms with Crippen LogP contribution < -0.4 is 5.32 Å². The van der Waals surface area contributed by atoms with Gasteiger partial charge in [0.2, 0.25) is 5.91 Å². The molecule has 5 heteroatoms. The van der Waals surface area contributed by atoms with Crippen molar-refractivity contribution in [3.05, 3.63) is 82.5 Å². The Balaban J connectivity index is 1.51. The molecule has 26 heavy (non-hydrogen) atoms. The molecular formula is C21H20ClN3O. The Morgan fingerprint density at radius 1 is 1.15 bits per heavy atom.